The molecule has 1 aromatic heterocycles. The molecule has 4 heteroatoms. The highest BCUT2D eigenvalue weighted by Gasteiger charge is 2.05. The number of furan rings is 1. The Bertz CT molecular complexity index is 508. The molecule has 0 aliphatic rings. The summed E-state index contributed by atoms with van der Waals surface area (Å²) in [4.78, 5) is 8.96. The van der Waals surface area contributed by atoms with Crippen molar-refractivity contribution in [2.45, 2.75) is 40.4 Å². The third-order valence-electron chi connectivity index (χ3n) is 2.60. The van der Waals surface area contributed by atoms with Crippen molar-refractivity contribution in [2.75, 3.05) is 0 Å². The Morgan fingerprint density at radius 1 is 1.30 bits per heavy atom. The monoisotopic (exact) mass is 273 g/mol. The van der Waals surface area contributed by atoms with E-state index in [0.29, 0.717) is 6.54 Å². The topological polar surface area (TPSA) is 49.9 Å². The molecule has 4 nitrogen and oxygen atoms in total. The van der Waals surface area contributed by atoms with Gasteiger partial charge in [0.15, 0.2) is 0 Å². The van der Waals surface area contributed by atoms with E-state index in [9.17, 15) is 0 Å². The zero-order valence-corrected chi connectivity index (χ0v) is 12.7. The van der Waals surface area contributed by atoms with Crippen LogP contribution < -0.4 is 5.32 Å². The van der Waals surface area contributed by atoms with Gasteiger partial charge in [0.05, 0.1) is 24.4 Å². The smallest absolute Gasteiger partial charge is 0.125 e. The predicted octanol–water partition coefficient (Wildman–Crippen LogP) is 3.73. The number of nitrogens with one attached hydrogen (secondary N) is 1. The van der Waals surface area contributed by atoms with Gasteiger partial charge in [-0.15, -0.1) is 0 Å². The molecule has 0 fully saturated rings. The molecule has 0 aliphatic carbocycles. The van der Waals surface area contributed by atoms with Crippen LogP contribution >= 0.6 is 0 Å². The normalized spacial score (nSPS) is 12.7. The molecule has 0 amide bonds. The lowest BCUT2D eigenvalue weighted by atomic mass is 10.1. The third-order valence-corrected chi connectivity index (χ3v) is 2.60. The number of aliphatic imine (C=N–C) groups is 2. The first-order valence-electron chi connectivity index (χ1n) is 6.59. The van der Waals surface area contributed by atoms with Crippen molar-refractivity contribution >= 4 is 11.5 Å². The van der Waals surface area contributed by atoms with Crippen molar-refractivity contribution in [3.8, 4) is 0 Å². The minimum atomic E-state index is -0.0845. The zero-order valence-electron chi connectivity index (χ0n) is 12.7. The van der Waals surface area contributed by atoms with Crippen LogP contribution in [0.5, 0.6) is 0 Å². The van der Waals surface area contributed by atoms with Gasteiger partial charge < -0.3 is 9.73 Å². The first-order valence-corrected chi connectivity index (χ1v) is 6.59. The second kappa shape index (κ2) is 7.48. The molecule has 1 unspecified atom stereocenters. The third kappa shape index (κ3) is 5.26. The number of rotatable bonds is 6. The van der Waals surface area contributed by atoms with Gasteiger partial charge in [-0.05, 0) is 51.0 Å². The highest BCUT2D eigenvalue weighted by Crippen LogP contribution is 2.05. The summed E-state index contributed by atoms with van der Waals surface area (Å²) in [5.74, 6) is 1.66. The molecule has 1 heterocycles. The molecular formula is C16H23N3O. The van der Waals surface area contributed by atoms with E-state index < -0.39 is 0 Å². The van der Waals surface area contributed by atoms with Crippen LogP contribution in [0, 0.1) is 0 Å². The average Bonchev–Trinajstić information content (AvgIpc) is 2.85. The van der Waals surface area contributed by atoms with Gasteiger partial charge in [0.1, 0.15) is 11.9 Å². The van der Waals surface area contributed by atoms with Crippen LogP contribution in [0.2, 0.25) is 0 Å². The molecule has 0 aromatic carbocycles. The molecule has 0 spiro atoms. The van der Waals surface area contributed by atoms with Crippen LogP contribution in [-0.2, 0) is 6.54 Å². The molecule has 0 saturated heterocycles. The maximum Gasteiger partial charge on any atom is 0.125 e. The van der Waals surface area contributed by atoms with E-state index in [-0.39, 0.29) is 6.17 Å². The van der Waals surface area contributed by atoms with E-state index in [1.54, 1.807) is 6.26 Å². The van der Waals surface area contributed by atoms with Gasteiger partial charge in [-0.2, -0.15) is 0 Å². The maximum atomic E-state index is 5.23. The number of amidine groups is 1. The van der Waals surface area contributed by atoms with E-state index in [1.807, 2.05) is 39.8 Å². The molecule has 1 aromatic rings. The minimum absolute atomic E-state index is 0.0845. The lowest BCUT2D eigenvalue weighted by Crippen LogP contribution is -2.30. The van der Waals surface area contributed by atoms with Gasteiger partial charge in [0, 0.05) is 0 Å². The molecule has 0 aliphatic heterocycles. The van der Waals surface area contributed by atoms with Crippen LogP contribution in [0.3, 0.4) is 0 Å². The van der Waals surface area contributed by atoms with Crippen molar-refractivity contribution in [1.29, 1.82) is 0 Å². The number of hydrogen-bond donors (Lipinski definition) is 1. The van der Waals surface area contributed by atoms with Gasteiger partial charge in [-0.1, -0.05) is 13.2 Å². The van der Waals surface area contributed by atoms with Crippen LogP contribution in [0.4, 0.5) is 0 Å². The average molecular weight is 273 g/mol. The molecule has 1 N–H and O–H groups in total. The fourth-order valence-corrected chi connectivity index (χ4v) is 1.76. The summed E-state index contributed by atoms with van der Waals surface area (Å²) in [5, 5.41) is 3.22. The van der Waals surface area contributed by atoms with E-state index in [4.69, 9.17) is 4.42 Å². The van der Waals surface area contributed by atoms with Crippen LogP contribution in [-0.4, -0.2) is 17.7 Å². The Morgan fingerprint density at radius 3 is 2.45 bits per heavy atom. The van der Waals surface area contributed by atoms with Crippen molar-refractivity contribution in [3.63, 3.8) is 0 Å². The summed E-state index contributed by atoms with van der Waals surface area (Å²) in [5.41, 5.74) is 2.68. The standard InChI is InChI=1S/C16H23N3O/c1-11(2)16(12(3)4)19-14(6)18-13(5)17-10-15-8-7-9-20-15/h7-9,14H,1,3,10H2,2,4-6H3,(H,17,18). The van der Waals surface area contributed by atoms with E-state index in [2.05, 4.69) is 28.5 Å². The van der Waals surface area contributed by atoms with Crippen LogP contribution in [0.1, 0.15) is 33.5 Å². The second-order valence-electron chi connectivity index (χ2n) is 4.84. The Hall–Kier alpha value is -2.10. The SMILES string of the molecule is C=C(C)C(=NC(C)NC(C)=NCc1ccco1)C(=C)C. The van der Waals surface area contributed by atoms with Crippen molar-refractivity contribution in [2.24, 2.45) is 9.98 Å². The van der Waals surface area contributed by atoms with Gasteiger partial charge >= 0.3 is 0 Å². The summed E-state index contributed by atoms with van der Waals surface area (Å²) >= 11 is 0. The molecule has 108 valence electrons. The Labute approximate surface area is 121 Å². The van der Waals surface area contributed by atoms with Crippen LogP contribution in [0.25, 0.3) is 0 Å². The fraction of sp³-hybridized carbons (Fsp3) is 0.375. The summed E-state index contributed by atoms with van der Waals surface area (Å²) in [6, 6.07) is 3.76. The lowest BCUT2D eigenvalue weighted by molar-refractivity contribution is 0.512. The molecular weight excluding hydrogens is 250 g/mol. The lowest BCUT2D eigenvalue weighted by Gasteiger charge is -2.14. The van der Waals surface area contributed by atoms with Crippen molar-refractivity contribution < 1.29 is 4.42 Å². The molecule has 0 saturated carbocycles. The maximum absolute atomic E-state index is 5.23. The van der Waals surface area contributed by atoms with E-state index >= 15 is 0 Å². The highest BCUT2D eigenvalue weighted by atomic mass is 16.3. The first kappa shape index (κ1) is 16.0. The van der Waals surface area contributed by atoms with E-state index in [0.717, 1.165) is 28.5 Å². The largest absolute Gasteiger partial charge is 0.467 e. The summed E-state index contributed by atoms with van der Waals surface area (Å²) in [6.45, 7) is 16.1. The zero-order chi connectivity index (χ0) is 15.1. The molecule has 1 atom stereocenters. The quantitative estimate of drug-likeness (QED) is 0.634. The van der Waals surface area contributed by atoms with Crippen molar-refractivity contribution in [3.05, 3.63) is 48.5 Å². The van der Waals surface area contributed by atoms with Gasteiger partial charge in [0.25, 0.3) is 0 Å². The molecule has 20 heavy (non-hydrogen) atoms. The number of hydrogen-bond acceptors (Lipinski definition) is 3. The predicted molar refractivity (Wildman–Crippen MR) is 85.2 cm³/mol. The Balaban J connectivity index is 2.62. The van der Waals surface area contributed by atoms with Gasteiger partial charge in [-0.25, -0.2) is 0 Å². The summed E-state index contributed by atoms with van der Waals surface area (Å²) in [6.07, 6.45) is 1.56. The van der Waals surface area contributed by atoms with E-state index in [1.165, 1.54) is 0 Å². The number of nitrogens with zero attached hydrogens (tertiary/aromatic N) is 2. The molecule has 0 radical (unpaired) electrons. The summed E-state index contributed by atoms with van der Waals surface area (Å²) in [7, 11) is 0. The first-order chi connectivity index (χ1) is 9.40. The second-order valence-corrected chi connectivity index (χ2v) is 4.84. The summed E-state index contributed by atoms with van der Waals surface area (Å²) < 4.78 is 5.23. The fourth-order valence-electron chi connectivity index (χ4n) is 1.76. The van der Waals surface area contributed by atoms with Crippen LogP contribution in [0.15, 0.2) is 57.1 Å². The van der Waals surface area contributed by atoms with Gasteiger partial charge in [0.2, 0.25) is 0 Å². The Kier molecular flexibility index (Phi) is 5.97. The Morgan fingerprint density at radius 2 is 1.95 bits per heavy atom. The van der Waals surface area contributed by atoms with Crippen molar-refractivity contribution in [1.82, 2.24) is 5.32 Å². The van der Waals surface area contributed by atoms with Gasteiger partial charge in [-0.3, -0.25) is 9.98 Å². The minimum Gasteiger partial charge on any atom is -0.467 e. The highest BCUT2D eigenvalue weighted by molar-refractivity contribution is 6.11. The number of allylic oxidation sites excluding steroid dienone is 2. The molecule has 0 bridgehead atoms. The molecule has 1 rings (SSSR count).